The Bertz CT molecular complexity index is 797. The first kappa shape index (κ1) is 19.2. The Hall–Kier alpha value is -2.11. The van der Waals surface area contributed by atoms with Gasteiger partial charge in [-0.15, -0.1) is 0 Å². The van der Waals surface area contributed by atoms with Crippen LogP contribution in [-0.2, 0) is 14.8 Å². The molecule has 2 aromatic rings. The number of nitrogens with one attached hydrogen (secondary N) is 1. The Labute approximate surface area is 150 Å². The number of allylic oxidation sites excluding steroid dienone is 1. The average molecular weight is 359 g/mol. The summed E-state index contributed by atoms with van der Waals surface area (Å²) in [5.41, 5.74) is 1.85. The number of hydrogen-bond acceptors (Lipinski definition) is 3. The quantitative estimate of drug-likeness (QED) is 0.713. The number of unbranched alkanes of at least 4 members (excludes halogenated alkanes) is 1. The molecule has 0 aliphatic rings. The van der Waals surface area contributed by atoms with Crippen LogP contribution in [-0.4, -0.2) is 15.5 Å². The predicted octanol–water partition coefficient (Wildman–Crippen LogP) is 4.35. The lowest BCUT2D eigenvalue weighted by Crippen LogP contribution is -2.30. The molecule has 134 valence electrons. The maximum Gasteiger partial charge on any atom is 0.241 e. The lowest BCUT2D eigenvalue weighted by molar-refractivity contribution is 0.258. The van der Waals surface area contributed by atoms with Gasteiger partial charge < -0.3 is 4.74 Å². The van der Waals surface area contributed by atoms with E-state index in [0.29, 0.717) is 5.76 Å². The highest BCUT2D eigenvalue weighted by molar-refractivity contribution is 7.89. The van der Waals surface area contributed by atoms with Crippen LogP contribution in [0, 0.1) is 6.92 Å². The SMILES string of the molecule is CCC/C=C(/OC)C(NS(=O)(=O)c1ccc(C)cc1)c1ccccc1. The number of aryl methyl sites for hydroxylation is 1. The third kappa shape index (κ3) is 5.18. The molecule has 1 atom stereocenters. The molecule has 0 saturated heterocycles. The highest BCUT2D eigenvalue weighted by Gasteiger charge is 2.25. The molecule has 0 radical (unpaired) electrons. The topological polar surface area (TPSA) is 55.4 Å². The van der Waals surface area contributed by atoms with E-state index in [1.54, 1.807) is 31.4 Å². The Morgan fingerprint density at radius 1 is 1.12 bits per heavy atom. The van der Waals surface area contributed by atoms with Crippen LogP contribution in [0.25, 0.3) is 0 Å². The third-order valence-electron chi connectivity index (χ3n) is 3.89. The summed E-state index contributed by atoms with van der Waals surface area (Å²) in [7, 11) is -2.11. The smallest absolute Gasteiger partial charge is 0.241 e. The minimum absolute atomic E-state index is 0.241. The summed E-state index contributed by atoms with van der Waals surface area (Å²) in [6.45, 7) is 3.99. The van der Waals surface area contributed by atoms with Crippen LogP contribution in [0.15, 0.2) is 71.3 Å². The van der Waals surface area contributed by atoms with E-state index in [9.17, 15) is 8.42 Å². The van der Waals surface area contributed by atoms with Crippen molar-refractivity contribution in [3.63, 3.8) is 0 Å². The minimum Gasteiger partial charge on any atom is -0.499 e. The van der Waals surface area contributed by atoms with Crippen molar-refractivity contribution in [2.75, 3.05) is 7.11 Å². The van der Waals surface area contributed by atoms with Gasteiger partial charge in [0.1, 0.15) is 11.8 Å². The summed E-state index contributed by atoms with van der Waals surface area (Å²) in [6.07, 6.45) is 3.72. The summed E-state index contributed by atoms with van der Waals surface area (Å²) in [6, 6.07) is 15.7. The molecular weight excluding hydrogens is 334 g/mol. The van der Waals surface area contributed by atoms with Gasteiger partial charge in [-0.05, 0) is 37.1 Å². The Morgan fingerprint density at radius 3 is 2.32 bits per heavy atom. The van der Waals surface area contributed by atoms with Crippen molar-refractivity contribution in [2.45, 2.75) is 37.6 Å². The van der Waals surface area contributed by atoms with Crippen molar-refractivity contribution in [1.29, 1.82) is 0 Å². The predicted molar refractivity (Wildman–Crippen MR) is 101 cm³/mol. The molecule has 0 fully saturated rings. The Kier molecular flexibility index (Phi) is 6.79. The average Bonchev–Trinajstić information content (AvgIpc) is 2.62. The first-order valence-electron chi connectivity index (χ1n) is 8.36. The summed E-state index contributed by atoms with van der Waals surface area (Å²) in [4.78, 5) is 0.241. The fourth-order valence-corrected chi connectivity index (χ4v) is 3.68. The van der Waals surface area contributed by atoms with Crippen molar-refractivity contribution >= 4 is 10.0 Å². The van der Waals surface area contributed by atoms with Crippen LogP contribution in [0.1, 0.15) is 36.9 Å². The molecule has 0 aliphatic heterocycles. The zero-order valence-corrected chi connectivity index (χ0v) is 15.7. The van der Waals surface area contributed by atoms with E-state index < -0.39 is 16.1 Å². The zero-order valence-electron chi connectivity index (χ0n) is 14.9. The summed E-state index contributed by atoms with van der Waals surface area (Å²) < 4.78 is 33.9. The third-order valence-corrected chi connectivity index (χ3v) is 5.33. The van der Waals surface area contributed by atoms with Crippen LogP contribution in [0.5, 0.6) is 0 Å². The molecule has 25 heavy (non-hydrogen) atoms. The second-order valence-electron chi connectivity index (χ2n) is 5.88. The van der Waals surface area contributed by atoms with E-state index in [0.717, 1.165) is 24.0 Å². The van der Waals surface area contributed by atoms with Gasteiger partial charge in [0.25, 0.3) is 0 Å². The highest BCUT2D eigenvalue weighted by atomic mass is 32.2. The number of ether oxygens (including phenoxy) is 1. The summed E-state index contributed by atoms with van der Waals surface area (Å²) >= 11 is 0. The second-order valence-corrected chi connectivity index (χ2v) is 7.59. The molecule has 0 amide bonds. The molecule has 5 heteroatoms. The fourth-order valence-electron chi connectivity index (χ4n) is 2.48. The Balaban J connectivity index is 2.40. The Morgan fingerprint density at radius 2 is 1.76 bits per heavy atom. The summed E-state index contributed by atoms with van der Waals surface area (Å²) in [5, 5.41) is 0. The molecule has 1 unspecified atom stereocenters. The molecule has 2 rings (SSSR count). The first-order chi connectivity index (χ1) is 12.0. The monoisotopic (exact) mass is 359 g/mol. The van der Waals surface area contributed by atoms with Crippen molar-refractivity contribution in [3.8, 4) is 0 Å². The van der Waals surface area contributed by atoms with E-state index in [2.05, 4.69) is 11.6 Å². The standard InChI is InChI=1S/C20H25NO3S/c1-4-5-11-19(24-3)20(17-9-7-6-8-10-17)21-25(22,23)18-14-12-16(2)13-15-18/h6-15,20-21H,4-5H2,1-3H3/b19-11+. The van der Waals surface area contributed by atoms with Crippen molar-refractivity contribution in [3.05, 3.63) is 77.6 Å². The van der Waals surface area contributed by atoms with E-state index >= 15 is 0 Å². The summed E-state index contributed by atoms with van der Waals surface area (Å²) in [5.74, 6) is 0.601. The van der Waals surface area contributed by atoms with Gasteiger partial charge in [-0.1, -0.05) is 61.4 Å². The van der Waals surface area contributed by atoms with Gasteiger partial charge in [0.2, 0.25) is 10.0 Å². The van der Waals surface area contributed by atoms with E-state index in [1.165, 1.54) is 0 Å². The molecule has 2 aromatic carbocycles. The molecule has 4 nitrogen and oxygen atoms in total. The van der Waals surface area contributed by atoms with Gasteiger partial charge in [-0.3, -0.25) is 0 Å². The number of sulfonamides is 1. The highest BCUT2D eigenvalue weighted by Crippen LogP contribution is 2.25. The molecule has 0 spiro atoms. The van der Waals surface area contributed by atoms with Gasteiger partial charge in [-0.2, -0.15) is 4.72 Å². The fraction of sp³-hybridized carbons (Fsp3) is 0.300. The van der Waals surface area contributed by atoms with Crippen LogP contribution < -0.4 is 4.72 Å². The zero-order chi connectivity index (χ0) is 18.3. The largest absolute Gasteiger partial charge is 0.499 e. The second kappa shape index (κ2) is 8.83. The van der Waals surface area contributed by atoms with Crippen LogP contribution in [0.2, 0.25) is 0 Å². The van der Waals surface area contributed by atoms with Gasteiger partial charge in [0.05, 0.1) is 12.0 Å². The first-order valence-corrected chi connectivity index (χ1v) is 9.84. The van der Waals surface area contributed by atoms with E-state index in [-0.39, 0.29) is 4.90 Å². The van der Waals surface area contributed by atoms with Gasteiger partial charge in [0, 0.05) is 0 Å². The maximum absolute atomic E-state index is 12.8. The lowest BCUT2D eigenvalue weighted by Gasteiger charge is -2.21. The van der Waals surface area contributed by atoms with Crippen molar-refractivity contribution < 1.29 is 13.2 Å². The molecule has 0 bridgehead atoms. The number of hydrogen-bond donors (Lipinski definition) is 1. The van der Waals surface area contributed by atoms with Crippen LogP contribution >= 0.6 is 0 Å². The molecule has 1 N–H and O–H groups in total. The minimum atomic E-state index is -3.68. The molecule has 0 aromatic heterocycles. The van der Waals surface area contributed by atoms with Gasteiger partial charge in [-0.25, -0.2) is 8.42 Å². The van der Waals surface area contributed by atoms with Crippen molar-refractivity contribution in [1.82, 2.24) is 4.72 Å². The maximum atomic E-state index is 12.8. The number of benzene rings is 2. The van der Waals surface area contributed by atoms with E-state index in [4.69, 9.17) is 4.74 Å². The number of methoxy groups -OCH3 is 1. The number of rotatable bonds is 8. The van der Waals surface area contributed by atoms with Crippen molar-refractivity contribution in [2.24, 2.45) is 0 Å². The molecular formula is C20H25NO3S. The molecule has 0 aliphatic carbocycles. The van der Waals surface area contributed by atoms with Crippen LogP contribution in [0.3, 0.4) is 0 Å². The van der Waals surface area contributed by atoms with Gasteiger partial charge >= 0.3 is 0 Å². The molecule has 0 saturated carbocycles. The normalized spacial score (nSPS) is 13.5. The van der Waals surface area contributed by atoms with Gasteiger partial charge in [0.15, 0.2) is 0 Å². The lowest BCUT2D eigenvalue weighted by atomic mass is 10.1. The molecule has 0 heterocycles. The van der Waals surface area contributed by atoms with E-state index in [1.807, 2.05) is 43.3 Å². The van der Waals surface area contributed by atoms with Crippen LogP contribution in [0.4, 0.5) is 0 Å².